The van der Waals surface area contributed by atoms with Crippen molar-refractivity contribution in [2.24, 2.45) is 0 Å². The zero-order valence-electron chi connectivity index (χ0n) is 12.9. The molecule has 1 N–H and O–H groups in total. The lowest BCUT2D eigenvalue weighted by molar-refractivity contribution is -0.143. The molecule has 1 rings (SSSR count). The van der Waals surface area contributed by atoms with E-state index in [1.807, 2.05) is 6.92 Å². The highest BCUT2D eigenvalue weighted by Crippen LogP contribution is 2.09. The van der Waals surface area contributed by atoms with Gasteiger partial charge in [-0.2, -0.15) is 0 Å². The summed E-state index contributed by atoms with van der Waals surface area (Å²) in [6, 6.07) is 8.65. The third-order valence-electron chi connectivity index (χ3n) is 3.28. The monoisotopic (exact) mass is 277 g/mol. The summed E-state index contributed by atoms with van der Waals surface area (Å²) in [5, 5.41) is 3.47. The van der Waals surface area contributed by atoms with E-state index in [1.54, 1.807) is 0 Å². The number of esters is 1. The Morgan fingerprint density at radius 2 is 1.95 bits per heavy atom. The molecule has 20 heavy (non-hydrogen) atoms. The van der Waals surface area contributed by atoms with Crippen molar-refractivity contribution in [1.82, 2.24) is 5.32 Å². The Morgan fingerprint density at radius 3 is 2.55 bits per heavy atom. The molecule has 3 nitrogen and oxygen atoms in total. The SMILES string of the molecule is CCCCNC(CC(=O)OCC)Cc1ccc(C)cc1. The van der Waals surface area contributed by atoms with Crippen molar-refractivity contribution in [3.05, 3.63) is 35.4 Å². The maximum Gasteiger partial charge on any atom is 0.307 e. The first-order valence-electron chi connectivity index (χ1n) is 7.60. The summed E-state index contributed by atoms with van der Waals surface area (Å²) < 4.78 is 5.06. The predicted octanol–water partition coefficient (Wildman–Crippen LogP) is 3.25. The third-order valence-corrected chi connectivity index (χ3v) is 3.28. The Bertz CT molecular complexity index is 386. The number of carbonyl (C=O) groups is 1. The Labute approximate surface area is 122 Å². The van der Waals surface area contributed by atoms with Gasteiger partial charge in [0, 0.05) is 6.04 Å². The number of hydrogen-bond acceptors (Lipinski definition) is 3. The average molecular weight is 277 g/mol. The number of nitrogens with one attached hydrogen (secondary N) is 1. The van der Waals surface area contributed by atoms with E-state index < -0.39 is 0 Å². The van der Waals surface area contributed by atoms with E-state index >= 15 is 0 Å². The molecule has 0 spiro atoms. The van der Waals surface area contributed by atoms with E-state index in [2.05, 4.69) is 43.4 Å². The number of carbonyl (C=O) groups excluding carboxylic acids is 1. The normalized spacial score (nSPS) is 12.2. The zero-order valence-corrected chi connectivity index (χ0v) is 12.9. The van der Waals surface area contributed by atoms with Gasteiger partial charge in [-0.3, -0.25) is 4.79 Å². The quantitative estimate of drug-likeness (QED) is 0.556. The number of aryl methyl sites for hydroxylation is 1. The van der Waals surface area contributed by atoms with Gasteiger partial charge in [-0.05, 0) is 38.8 Å². The van der Waals surface area contributed by atoms with Crippen LogP contribution >= 0.6 is 0 Å². The highest BCUT2D eigenvalue weighted by atomic mass is 16.5. The van der Waals surface area contributed by atoms with Crippen molar-refractivity contribution in [2.75, 3.05) is 13.2 Å². The molecule has 0 aliphatic heterocycles. The van der Waals surface area contributed by atoms with Crippen LogP contribution in [0.5, 0.6) is 0 Å². The summed E-state index contributed by atoms with van der Waals surface area (Å²) in [6.45, 7) is 7.50. The Morgan fingerprint density at radius 1 is 1.25 bits per heavy atom. The van der Waals surface area contributed by atoms with E-state index in [0.29, 0.717) is 13.0 Å². The van der Waals surface area contributed by atoms with Crippen molar-refractivity contribution in [2.45, 2.75) is 52.5 Å². The van der Waals surface area contributed by atoms with E-state index in [4.69, 9.17) is 4.74 Å². The average Bonchev–Trinajstić information content (AvgIpc) is 2.42. The fraction of sp³-hybridized carbons (Fsp3) is 0.588. The van der Waals surface area contributed by atoms with Crippen LogP contribution in [0.3, 0.4) is 0 Å². The summed E-state index contributed by atoms with van der Waals surface area (Å²) >= 11 is 0. The minimum absolute atomic E-state index is 0.117. The molecule has 0 bridgehead atoms. The van der Waals surface area contributed by atoms with Gasteiger partial charge in [0.15, 0.2) is 0 Å². The third kappa shape index (κ3) is 6.71. The standard InChI is InChI=1S/C17H27NO2/c1-4-6-11-18-16(13-17(19)20-5-2)12-15-9-7-14(3)8-10-15/h7-10,16,18H,4-6,11-13H2,1-3H3. The second kappa shape index (κ2) is 9.54. The Hall–Kier alpha value is -1.35. The summed E-state index contributed by atoms with van der Waals surface area (Å²) in [7, 11) is 0. The van der Waals surface area contributed by atoms with Gasteiger partial charge >= 0.3 is 5.97 Å². The second-order valence-corrected chi connectivity index (χ2v) is 5.20. The fourth-order valence-electron chi connectivity index (χ4n) is 2.13. The fourth-order valence-corrected chi connectivity index (χ4v) is 2.13. The van der Waals surface area contributed by atoms with E-state index in [1.165, 1.54) is 11.1 Å². The molecule has 1 aromatic rings. The van der Waals surface area contributed by atoms with Gasteiger partial charge in [-0.1, -0.05) is 43.2 Å². The zero-order chi connectivity index (χ0) is 14.8. The minimum atomic E-state index is -0.117. The number of benzene rings is 1. The van der Waals surface area contributed by atoms with Gasteiger partial charge in [-0.15, -0.1) is 0 Å². The van der Waals surface area contributed by atoms with E-state index in [9.17, 15) is 4.79 Å². The molecule has 0 aliphatic rings. The van der Waals surface area contributed by atoms with Gasteiger partial charge < -0.3 is 10.1 Å². The molecule has 0 saturated heterocycles. The number of ether oxygens (including phenoxy) is 1. The molecule has 0 saturated carbocycles. The van der Waals surface area contributed by atoms with E-state index in [-0.39, 0.29) is 12.0 Å². The van der Waals surface area contributed by atoms with Crippen LogP contribution < -0.4 is 5.32 Å². The smallest absolute Gasteiger partial charge is 0.307 e. The maximum absolute atomic E-state index is 11.7. The lowest BCUT2D eigenvalue weighted by atomic mass is 10.0. The van der Waals surface area contributed by atoms with Crippen molar-refractivity contribution in [3.63, 3.8) is 0 Å². The molecule has 1 atom stereocenters. The molecule has 1 aromatic carbocycles. The first-order chi connectivity index (χ1) is 9.65. The Kier molecular flexibility index (Phi) is 7.97. The lowest BCUT2D eigenvalue weighted by Crippen LogP contribution is -2.34. The van der Waals surface area contributed by atoms with Crippen LogP contribution in [0.4, 0.5) is 0 Å². The maximum atomic E-state index is 11.7. The van der Waals surface area contributed by atoms with Crippen LogP contribution in [0.25, 0.3) is 0 Å². The first kappa shape index (κ1) is 16.7. The highest BCUT2D eigenvalue weighted by Gasteiger charge is 2.14. The minimum Gasteiger partial charge on any atom is -0.466 e. The number of hydrogen-bond donors (Lipinski definition) is 1. The molecule has 0 amide bonds. The largest absolute Gasteiger partial charge is 0.466 e. The van der Waals surface area contributed by atoms with Crippen molar-refractivity contribution in [3.8, 4) is 0 Å². The van der Waals surface area contributed by atoms with Crippen molar-refractivity contribution < 1.29 is 9.53 Å². The van der Waals surface area contributed by atoms with Crippen LogP contribution in [0.15, 0.2) is 24.3 Å². The second-order valence-electron chi connectivity index (χ2n) is 5.20. The Balaban J connectivity index is 2.56. The molecule has 0 fully saturated rings. The number of unbranched alkanes of at least 4 members (excludes halogenated alkanes) is 1. The van der Waals surface area contributed by atoms with Gasteiger partial charge in [0.25, 0.3) is 0 Å². The van der Waals surface area contributed by atoms with Crippen LogP contribution in [-0.2, 0) is 16.0 Å². The molecule has 0 aliphatic carbocycles. The molecule has 3 heteroatoms. The number of rotatable bonds is 9. The van der Waals surface area contributed by atoms with Crippen molar-refractivity contribution in [1.29, 1.82) is 0 Å². The lowest BCUT2D eigenvalue weighted by Gasteiger charge is -2.18. The molecule has 1 unspecified atom stereocenters. The summed E-state index contributed by atoms with van der Waals surface area (Å²) in [4.78, 5) is 11.7. The van der Waals surface area contributed by atoms with Gasteiger partial charge in [0.05, 0.1) is 13.0 Å². The van der Waals surface area contributed by atoms with Gasteiger partial charge in [0.2, 0.25) is 0 Å². The highest BCUT2D eigenvalue weighted by molar-refractivity contribution is 5.70. The van der Waals surface area contributed by atoms with Crippen molar-refractivity contribution >= 4 is 5.97 Å². The molecule has 0 radical (unpaired) electrons. The van der Waals surface area contributed by atoms with Crippen LogP contribution in [0.1, 0.15) is 44.2 Å². The summed E-state index contributed by atoms with van der Waals surface area (Å²) in [6.07, 6.45) is 3.59. The van der Waals surface area contributed by atoms with Gasteiger partial charge in [0.1, 0.15) is 0 Å². The van der Waals surface area contributed by atoms with Crippen LogP contribution in [0.2, 0.25) is 0 Å². The summed E-state index contributed by atoms with van der Waals surface area (Å²) in [5.74, 6) is -0.117. The van der Waals surface area contributed by atoms with E-state index in [0.717, 1.165) is 25.8 Å². The molecule has 0 aromatic heterocycles. The molecular weight excluding hydrogens is 250 g/mol. The topological polar surface area (TPSA) is 38.3 Å². The molecule has 0 heterocycles. The van der Waals surface area contributed by atoms with Gasteiger partial charge in [-0.25, -0.2) is 0 Å². The summed E-state index contributed by atoms with van der Waals surface area (Å²) in [5.41, 5.74) is 2.52. The van der Waals surface area contributed by atoms with Crippen LogP contribution in [-0.4, -0.2) is 25.2 Å². The first-order valence-corrected chi connectivity index (χ1v) is 7.60. The predicted molar refractivity (Wildman–Crippen MR) is 82.8 cm³/mol. The molecule has 112 valence electrons. The van der Waals surface area contributed by atoms with Crippen LogP contribution in [0, 0.1) is 6.92 Å². The molecular formula is C17H27NO2.